The molecule has 0 radical (unpaired) electrons. The third-order valence-corrected chi connectivity index (χ3v) is 3.45. The molecule has 1 unspecified atom stereocenters. The van der Waals surface area contributed by atoms with Crippen molar-refractivity contribution in [1.29, 1.82) is 0 Å². The lowest BCUT2D eigenvalue weighted by atomic mass is 10.1. The van der Waals surface area contributed by atoms with E-state index in [9.17, 15) is 0 Å². The summed E-state index contributed by atoms with van der Waals surface area (Å²) in [6, 6.07) is 4.13. The number of nitrogens with two attached hydrogens (primary N) is 1. The molecule has 0 saturated heterocycles. The molecule has 3 N–H and O–H groups in total. The molecule has 0 amide bonds. The Morgan fingerprint density at radius 1 is 1.60 bits per heavy atom. The summed E-state index contributed by atoms with van der Waals surface area (Å²) in [6.45, 7) is 2.78. The van der Waals surface area contributed by atoms with Crippen LogP contribution < -0.4 is 5.73 Å². The van der Waals surface area contributed by atoms with Crippen molar-refractivity contribution in [3.05, 3.63) is 29.5 Å². The number of nitrogens with one attached hydrogen (secondary N) is 1. The van der Waals surface area contributed by atoms with Crippen molar-refractivity contribution in [2.75, 3.05) is 6.54 Å². The third kappa shape index (κ3) is 2.11. The summed E-state index contributed by atoms with van der Waals surface area (Å²) in [5.41, 5.74) is 6.78. The van der Waals surface area contributed by atoms with E-state index in [1.165, 1.54) is 4.88 Å². The van der Waals surface area contributed by atoms with Gasteiger partial charge in [0, 0.05) is 12.5 Å². The lowest BCUT2D eigenvalue weighted by molar-refractivity contribution is 0.639. The summed E-state index contributed by atoms with van der Waals surface area (Å²) in [6.07, 6.45) is 2.91. The number of thiophene rings is 1. The molecule has 0 aliphatic heterocycles. The Morgan fingerprint density at radius 3 is 3.07 bits per heavy atom. The summed E-state index contributed by atoms with van der Waals surface area (Å²) >= 11 is 1.71. The van der Waals surface area contributed by atoms with Gasteiger partial charge in [-0.3, -0.25) is 0 Å². The average molecular weight is 221 g/mol. The maximum absolute atomic E-state index is 5.69. The van der Waals surface area contributed by atoms with Gasteiger partial charge in [-0.1, -0.05) is 13.0 Å². The Morgan fingerprint density at radius 2 is 2.47 bits per heavy atom. The number of aromatic amines is 1. The van der Waals surface area contributed by atoms with Crippen LogP contribution in [0.5, 0.6) is 0 Å². The second-order valence-electron chi connectivity index (χ2n) is 3.50. The van der Waals surface area contributed by atoms with Crippen LogP contribution in [-0.4, -0.2) is 16.5 Å². The van der Waals surface area contributed by atoms with Crippen LogP contribution in [0.1, 0.15) is 25.1 Å². The maximum atomic E-state index is 5.69. The Balaban J connectivity index is 2.24. The fourth-order valence-electron chi connectivity index (χ4n) is 1.57. The Kier molecular flexibility index (Phi) is 3.18. The van der Waals surface area contributed by atoms with Crippen LogP contribution in [0.2, 0.25) is 0 Å². The van der Waals surface area contributed by atoms with Gasteiger partial charge in [-0.25, -0.2) is 4.98 Å². The molecular weight excluding hydrogens is 206 g/mol. The van der Waals surface area contributed by atoms with Gasteiger partial charge in [0.15, 0.2) is 0 Å². The first kappa shape index (κ1) is 10.4. The minimum atomic E-state index is 0.346. The van der Waals surface area contributed by atoms with E-state index in [1.807, 2.05) is 12.3 Å². The fourth-order valence-corrected chi connectivity index (χ4v) is 2.26. The monoisotopic (exact) mass is 221 g/mol. The highest BCUT2D eigenvalue weighted by molar-refractivity contribution is 7.13. The summed E-state index contributed by atoms with van der Waals surface area (Å²) in [4.78, 5) is 8.94. The van der Waals surface area contributed by atoms with E-state index in [1.54, 1.807) is 11.3 Å². The first-order valence-corrected chi connectivity index (χ1v) is 6.02. The van der Waals surface area contributed by atoms with E-state index in [0.717, 1.165) is 17.9 Å². The molecule has 0 fully saturated rings. The van der Waals surface area contributed by atoms with Gasteiger partial charge in [-0.2, -0.15) is 0 Å². The van der Waals surface area contributed by atoms with Crippen LogP contribution in [0, 0.1) is 0 Å². The number of aromatic nitrogens is 2. The third-order valence-electron chi connectivity index (χ3n) is 2.55. The van der Waals surface area contributed by atoms with Crippen molar-refractivity contribution in [1.82, 2.24) is 9.97 Å². The van der Waals surface area contributed by atoms with E-state index in [-0.39, 0.29) is 0 Å². The van der Waals surface area contributed by atoms with Gasteiger partial charge in [0.1, 0.15) is 5.82 Å². The van der Waals surface area contributed by atoms with Gasteiger partial charge in [0.05, 0.1) is 16.8 Å². The normalized spacial score (nSPS) is 12.9. The summed E-state index contributed by atoms with van der Waals surface area (Å²) < 4.78 is 0. The quantitative estimate of drug-likeness (QED) is 0.833. The standard InChI is InChI=1S/C11H15N3S/c1-2-8(6-12)11-13-7-9(14-11)10-4-3-5-15-10/h3-5,7-8H,2,6,12H2,1H3,(H,13,14). The second kappa shape index (κ2) is 4.59. The van der Waals surface area contributed by atoms with Gasteiger partial charge in [0.25, 0.3) is 0 Å². The maximum Gasteiger partial charge on any atom is 0.110 e. The van der Waals surface area contributed by atoms with Crippen molar-refractivity contribution in [2.24, 2.45) is 5.73 Å². The van der Waals surface area contributed by atoms with Gasteiger partial charge >= 0.3 is 0 Å². The molecule has 2 rings (SSSR count). The highest BCUT2D eigenvalue weighted by Crippen LogP contribution is 2.24. The molecule has 0 aliphatic carbocycles. The Labute approximate surface area is 93.4 Å². The number of hydrogen-bond acceptors (Lipinski definition) is 3. The molecule has 0 aromatic carbocycles. The summed E-state index contributed by atoms with van der Waals surface area (Å²) in [7, 11) is 0. The molecule has 80 valence electrons. The smallest absolute Gasteiger partial charge is 0.110 e. The predicted molar refractivity (Wildman–Crippen MR) is 64.0 cm³/mol. The van der Waals surface area contributed by atoms with Gasteiger partial charge in [-0.05, 0) is 17.9 Å². The van der Waals surface area contributed by atoms with Crippen LogP contribution in [0.4, 0.5) is 0 Å². The molecule has 2 aromatic heterocycles. The number of nitrogens with zero attached hydrogens (tertiary/aromatic N) is 1. The van der Waals surface area contributed by atoms with Gasteiger partial charge in [-0.15, -0.1) is 11.3 Å². The topological polar surface area (TPSA) is 54.7 Å². The van der Waals surface area contributed by atoms with E-state index < -0.39 is 0 Å². The average Bonchev–Trinajstić information content (AvgIpc) is 2.89. The number of hydrogen-bond donors (Lipinski definition) is 2. The minimum absolute atomic E-state index is 0.346. The highest BCUT2D eigenvalue weighted by Gasteiger charge is 2.11. The van der Waals surface area contributed by atoms with Crippen molar-refractivity contribution >= 4 is 11.3 Å². The molecule has 3 nitrogen and oxygen atoms in total. The van der Waals surface area contributed by atoms with E-state index >= 15 is 0 Å². The molecule has 0 bridgehead atoms. The van der Waals surface area contributed by atoms with E-state index in [0.29, 0.717) is 12.5 Å². The number of H-pyrrole nitrogens is 1. The second-order valence-corrected chi connectivity index (χ2v) is 4.45. The Bertz CT molecular complexity index is 401. The molecule has 0 saturated carbocycles. The summed E-state index contributed by atoms with van der Waals surface area (Å²) in [5.74, 6) is 1.35. The number of imidazole rings is 1. The summed E-state index contributed by atoms with van der Waals surface area (Å²) in [5, 5.41) is 2.07. The zero-order valence-corrected chi connectivity index (χ0v) is 9.55. The van der Waals surface area contributed by atoms with Crippen LogP contribution in [0.15, 0.2) is 23.7 Å². The van der Waals surface area contributed by atoms with Gasteiger partial charge in [0.2, 0.25) is 0 Å². The Hall–Kier alpha value is -1.13. The van der Waals surface area contributed by atoms with Gasteiger partial charge < -0.3 is 10.7 Å². The van der Waals surface area contributed by atoms with E-state index in [2.05, 4.69) is 28.3 Å². The first-order chi connectivity index (χ1) is 7.35. The first-order valence-electron chi connectivity index (χ1n) is 5.14. The van der Waals surface area contributed by atoms with Crippen LogP contribution in [-0.2, 0) is 0 Å². The molecule has 0 spiro atoms. The molecule has 1 atom stereocenters. The lowest BCUT2D eigenvalue weighted by Crippen LogP contribution is -2.12. The van der Waals surface area contributed by atoms with Crippen LogP contribution in [0.25, 0.3) is 10.6 Å². The van der Waals surface area contributed by atoms with Crippen molar-refractivity contribution in [2.45, 2.75) is 19.3 Å². The molecule has 2 aromatic rings. The van der Waals surface area contributed by atoms with Crippen molar-refractivity contribution in [3.63, 3.8) is 0 Å². The fraction of sp³-hybridized carbons (Fsp3) is 0.364. The van der Waals surface area contributed by atoms with Crippen LogP contribution in [0.3, 0.4) is 0 Å². The van der Waals surface area contributed by atoms with E-state index in [4.69, 9.17) is 5.73 Å². The lowest BCUT2D eigenvalue weighted by Gasteiger charge is -2.07. The molecule has 15 heavy (non-hydrogen) atoms. The number of rotatable bonds is 4. The van der Waals surface area contributed by atoms with Crippen molar-refractivity contribution in [3.8, 4) is 10.6 Å². The predicted octanol–water partition coefficient (Wildman–Crippen LogP) is 2.59. The van der Waals surface area contributed by atoms with Crippen LogP contribution >= 0.6 is 11.3 Å². The zero-order chi connectivity index (χ0) is 10.7. The van der Waals surface area contributed by atoms with Crippen molar-refractivity contribution < 1.29 is 0 Å². The molecule has 2 heterocycles. The zero-order valence-electron chi connectivity index (χ0n) is 8.73. The minimum Gasteiger partial charge on any atom is -0.341 e. The molecule has 0 aliphatic rings. The molecule has 4 heteroatoms. The largest absolute Gasteiger partial charge is 0.341 e. The highest BCUT2D eigenvalue weighted by atomic mass is 32.1. The SMILES string of the molecule is CCC(CN)c1ncc(-c2cccs2)[nH]1. The molecular formula is C11H15N3S.